The summed E-state index contributed by atoms with van der Waals surface area (Å²) < 4.78 is 5.24. The third-order valence-electron chi connectivity index (χ3n) is 4.63. The Morgan fingerprint density at radius 3 is 2.04 bits per heavy atom. The van der Waals surface area contributed by atoms with Crippen LogP contribution in [-0.2, 0) is 4.79 Å². The van der Waals surface area contributed by atoms with Crippen LogP contribution in [0.15, 0.2) is 48.5 Å². The summed E-state index contributed by atoms with van der Waals surface area (Å²) in [6.07, 6.45) is 2.18. The fraction of sp³-hybridized carbons (Fsp3) is 0.273. The maximum absolute atomic E-state index is 12.3. The van der Waals surface area contributed by atoms with E-state index in [1.807, 2.05) is 0 Å². The van der Waals surface area contributed by atoms with Gasteiger partial charge in [-0.1, -0.05) is 18.6 Å². The van der Waals surface area contributed by atoms with Crippen molar-refractivity contribution in [1.82, 2.24) is 4.90 Å². The van der Waals surface area contributed by atoms with Gasteiger partial charge >= 0.3 is 5.97 Å². The molecule has 0 radical (unpaired) electrons. The minimum absolute atomic E-state index is 0.0454. The first-order valence-electron chi connectivity index (χ1n) is 9.24. The molecule has 1 heterocycles. The maximum Gasteiger partial charge on any atom is 0.311 e. The molecule has 0 bridgehead atoms. The molecule has 144 valence electrons. The zero-order chi connectivity index (χ0) is 20.1. The minimum Gasteiger partial charge on any atom is -0.427 e. The van der Waals surface area contributed by atoms with Gasteiger partial charge in [0.05, 0.1) is 11.1 Å². The Balaban J connectivity index is 1.38. The van der Waals surface area contributed by atoms with Crippen molar-refractivity contribution in [2.45, 2.75) is 32.6 Å². The van der Waals surface area contributed by atoms with E-state index in [0.717, 1.165) is 0 Å². The van der Waals surface area contributed by atoms with Gasteiger partial charge in [-0.25, -0.2) is 0 Å². The van der Waals surface area contributed by atoms with E-state index in [1.165, 1.54) is 11.8 Å². The zero-order valence-electron chi connectivity index (χ0n) is 15.6. The number of hydrogen-bond donors (Lipinski definition) is 0. The molecule has 0 saturated carbocycles. The number of carbonyl (C=O) groups is 4. The highest BCUT2D eigenvalue weighted by Gasteiger charge is 2.34. The summed E-state index contributed by atoms with van der Waals surface area (Å²) in [6, 6.07) is 13.2. The smallest absolute Gasteiger partial charge is 0.311 e. The van der Waals surface area contributed by atoms with Crippen LogP contribution in [0.3, 0.4) is 0 Å². The lowest BCUT2D eigenvalue weighted by atomic mass is 10.1. The summed E-state index contributed by atoms with van der Waals surface area (Å²) in [5.74, 6) is -0.503. The molecule has 2 amide bonds. The number of rotatable bonds is 8. The van der Waals surface area contributed by atoms with Crippen molar-refractivity contribution in [3.63, 3.8) is 0 Å². The summed E-state index contributed by atoms with van der Waals surface area (Å²) in [5.41, 5.74) is 1.46. The Morgan fingerprint density at radius 1 is 0.857 bits per heavy atom. The van der Waals surface area contributed by atoms with Gasteiger partial charge in [0, 0.05) is 18.5 Å². The number of unbranched alkanes of at least 4 members (excludes halogenated alkanes) is 2. The molecule has 0 atom stereocenters. The topological polar surface area (TPSA) is 80.8 Å². The number of esters is 1. The fourth-order valence-electron chi connectivity index (χ4n) is 3.10. The van der Waals surface area contributed by atoms with Gasteiger partial charge in [-0.05, 0) is 56.2 Å². The van der Waals surface area contributed by atoms with Gasteiger partial charge in [0.1, 0.15) is 5.75 Å². The fourth-order valence-corrected chi connectivity index (χ4v) is 3.10. The third kappa shape index (κ3) is 4.34. The van der Waals surface area contributed by atoms with Crippen LogP contribution in [-0.4, -0.2) is 35.0 Å². The van der Waals surface area contributed by atoms with Crippen LogP contribution in [0.25, 0.3) is 0 Å². The Hall–Kier alpha value is -3.28. The standard InChI is InChI=1S/C22H21NO5/c1-15(24)16-10-12-17(13-11-16)28-20(25)9-3-2-6-14-23-21(26)18-7-4-5-8-19(18)22(23)27/h4-5,7-8,10-13H,2-3,6,9,14H2,1H3. The summed E-state index contributed by atoms with van der Waals surface area (Å²) in [5, 5.41) is 0. The number of fused-ring (bicyclic) bond motifs is 1. The molecule has 0 N–H and O–H groups in total. The third-order valence-corrected chi connectivity index (χ3v) is 4.63. The van der Waals surface area contributed by atoms with Gasteiger partial charge in [0.15, 0.2) is 5.78 Å². The molecule has 0 aromatic heterocycles. The molecule has 28 heavy (non-hydrogen) atoms. The van der Waals surface area contributed by atoms with E-state index in [2.05, 4.69) is 0 Å². The normalized spacial score (nSPS) is 12.8. The van der Waals surface area contributed by atoms with Crippen LogP contribution < -0.4 is 4.74 Å². The van der Waals surface area contributed by atoms with Crippen molar-refractivity contribution in [2.75, 3.05) is 6.54 Å². The number of ether oxygens (including phenoxy) is 1. The van der Waals surface area contributed by atoms with Crippen molar-refractivity contribution in [3.05, 3.63) is 65.2 Å². The summed E-state index contributed by atoms with van der Waals surface area (Å²) in [6.45, 7) is 1.82. The average molecular weight is 379 g/mol. The lowest BCUT2D eigenvalue weighted by molar-refractivity contribution is -0.134. The van der Waals surface area contributed by atoms with Crippen molar-refractivity contribution < 1.29 is 23.9 Å². The van der Waals surface area contributed by atoms with Gasteiger partial charge in [-0.3, -0.25) is 24.1 Å². The number of imide groups is 1. The van der Waals surface area contributed by atoms with Crippen molar-refractivity contribution in [3.8, 4) is 5.75 Å². The highest BCUT2D eigenvalue weighted by Crippen LogP contribution is 2.23. The predicted molar refractivity (Wildman–Crippen MR) is 102 cm³/mol. The zero-order valence-corrected chi connectivity index (χ0v) is 15.6. The number of Topliss-reactive ketones (excluding diaryl/α,β-unsaturated/α-hetero) is 1. The van der Waals surface area contributed by atoms with E-state index in [9.17, 15) is 19.2 Å². The van der Waals surface area contributed by atoms with Crippen LogP contribution in [0.5, 0.6) is 5.75 Å². The van der Waals surface area contributed by atoms with Crippen molar-refractivity contribution >= 4 is 23.6 Å². The van der Waals surface area contributed by atoms with Gasteiger partial charge in [-0.15, -0.1) is 0 Å². The molecule has 0 aliphatic carbocycles. The first kappa shape index (κ1) is 19.5. The van der Waals surface area contributed by atoms with Gasteiger partial charge in [-0.2, -0.15) is 0 Å². The second-order valence-electron chi connectivity index (χ2n) is 6.67. The number of hydrogen-bond acceptors (Lipinski definition) is 5. The molecule has 1 aliphatic heterocycles. The summed E-state index contributed by atoms with van der Waals surface area (Å²) >= 11 is 0. The lowest BCUT2D eigenvalue weighted by Gasteiger charge is -2.13. The second kappa shape index (κ2) is 8.61. The van der Waals surface area contributed by atoms with E-state index < -0.39 is 0 Å². The highest BCUT2D eigenvalue weighted by molar-refractivity contribution is 6.21. The predicted octanol–water partition coefficient (Wildman–Crippen LogP) is 3.65. The first-order valence-corrected chi connectivity index (χ1v) is 9.24. The van der Waals surface area contributed by atoms with Crippen molar-refractivity contribution in [1.29, 1.82) is 0 Å². The van der Waals surface area contributed by atoms with Gasteiger partial charge < -0.3 is 4.74 Å². The minimum atomic E-state index is -0.351. The summed E-state index contributed by atoms with van der Waals surface area (Å²) in [4.78, 5) is 48.9. The Kier molecular flexibility index (Phi) is 5.99. The monoisotopic (exact) mass is 379 g/mol. The summed E-state index contributed by atoms with van der Waals surface area (Å²) in [7, 11) is 0. The number of benzene rings is 2. The van der Waals surface area contributed by atoms with E-state index in [4.69, 9.17) is 4.74 Å². The van der Waals surface area contributed by atoms with Gasteiger partial charge in [0.25, 0.3) is 11.8 Å². The van der Waals surface area contributed by atoms with Crippen LogP contribution in [0.1, 0.15) is 63.7 Å². The molecular weight excluding hydrogens is 358 g/mol. The average Bonchev–Trinajstić information content (AvgIpc) is 2.93. The Labute approximate surface area is 163 Å². The van der Waals surface area contributed by atoms with E-state index in [1.54, 1.807) is 48.5 Å². The molecule has 0 spiro atoms. The lowest BCUT2D eigenvalue weighted by Crippen LogP contribution is -2.30. The maximum atomic E-state index is 12.3. The van der Waals surface area contributed by atoms with E-state index >= 15 is 0 Å². The number of amides is 2. The molecule has 3 rings (SSSR count). The molecule has 0 unspecified atom stereocenters. The first-order chi connectivity index (χ1) is 13.5. The molecule has 6 nitrogen and oxygen atoms in total. The molecule has 0 fully saturated rings. The van der Waals surface area contributed by atoms with E-state index in [-0.39, 0.29) is 30.0 Å². The molecule has 2 aromatic carbocycles. The SMILES string of the molecule is CC(=O)c1ccc(OC(=O)CCCCCN2C(=O)c3ccccc3C2=O)cc1. The van der Waals surface area contributed by atoms with Crippen LogP contribution in [0.4, 0.5) is 0 Å². The van der Waals surface area contributed by atoms with Gasteiger partial charge in [0.2, 0.25) is 0 Å². The number of ketones is 1. The van der Waals surface area contributed by atoms with E-state index in [0.29, 0.717) is 48.2 Å². The largest absolute Gasteiger partial charge is 0.427 e. The van der Waals surface area contributed by atoms with Crippen LogP contribution >= 0.6 is 0 Å². The molecule has 0 saturated heterocycles. The Bertz CT molecular complexity index is 882. The van der Waals surface area contributed by atoms with Crippen LogP contribution in [0.2, 0.25) is 0 Å². The quantitative estimate of drug-likeness (QED) is 0.230. The Morgan fingerprint density at radius 2 is 1.46 bits per heavy atom. The van der Waals surface area contributed by atoms with Crippen molar-refractivity contribution in [2.24, 2.45) is 0 Å². The number of nitrogens with zero attached hydrogens (tertiary/aromatic N) is 1. The highest BCUT2D eigenvalue weighted by atomic mass is 16.5. The number of carbonyl (C=O) groups excluding carboxylic acids is 4. The molecule has 6 heteroatoms. The second-order valence-corrected chi connectivity index (χ2v) is 6.67. The molecule has 2 aromatic rings. The van der Waals surface area contributed by atoms with Crippen LogP contribution in [0, 0.1) is 0 Å². The molecular formula is C22H21NO5. The molecule has 1 aliphatic rings.